The predicted molar refractivity (Wildman–Crippen MR) is 77.3 cm³/mol. The molecule has 0 amide bonds. The van der Waals surface area contributed by atoms with Gasteiger partial charge in [0.25, 0.3) is 0 Å². The highest BCUT2D eigenvalue weighted by Gasteiger charge is 2.39. The lowest BCUT2D eigenvalue weighted by atomic mass is 10.0. The monoisotopic (exact) mass is 309 g/mol. The fraction of sp³-hybridized carbons (Fsp3) is 0.500. The molecule has 2 rings (SSSR count). The average molecular weight is 310 g/mol. The molecule has 2 atom stereocenters. The molecule has 112 valence electrons. The highest BCUT2D eigenvalue weighted by Crippen LogP contribution is 2.31. The van der Waals surface area contributed by atoms with E-state index in [0.717, 1.165) is 6.42 Å². The summed E-state index contributed by atoms with van der Waals surface area (Å²) in [5.41, 5.74) is 0.327. The molecule has 0 bridgehead atoms. The molecule has 2 heterocycles. The number of carboxylic acids is 1. The van der Waals surface area contributed by atoms with Gasteiger partial charge >= 0.3 is 5.97 Å². The van der Waals surface area contributed by atoms with Gasteiger partial charge < -0.3 is 14.7 Å². The van der Waals surface area contributed by atoms with Gasteiger partial charge in [0.1, 0.15) is 22.8 Å². The van der Waals surface area contributed by atoms with Gasteiger partial charge in [-0.15, -0.1) is 0 Å². The summed E-state index contributed by atoms with van der Waals surface area (Å²) in [7, 11) is 0. The van der Waals surface area contributed by atoms with E-state index >= 15 is 0 Å². The van der Waals surface area contributed by atoms with Gasteiger partial charge in [-0.05, 0) is 12.5 Å². The minimum absolute atomic E-state index is 0.176. The number of carboxylic acid groups (broad SMARTS) is 1. The van der Waals surface area contributed by atoms with Crippen LogP contribution in [0, 0.1) is 17.2 Å². The van der Waals surface area contributed by atoms with Crippen LogP contribution >= 0.6 is 11.6 Å². The number of aliphatic carboxylic acids is 1. The molecule has 2 unspecified atom stereocenters. The first-order valence-corrected chi connectivity index (χ1v) is 7.09. The second kappa shape index (κ2) is 6.74. The third kappa shape index (κ3) is 3.09. The largest absolute Gasteiger partial charge is 0.481 e. The number of hydrogen-bond acceptors (Lipinski definition) is 5. The summed E-state index contributed by atoms with van der Waals surface area (Å²) in [6, 6.07) is 3.22. The Bertz CT molecular complexity index is 573. The van der Waals surface area contributed by atoms with E-state index in [1.165, 1.54) is 12.3 Å². The van der Waals surface area contributed by atoms with Crippen LogP contribution in [0.1, 0.15) is 18.9 Å². The van der Waals surface area contributed by atoms with Gasteiger partial charge in [-0.2, -0.15) is 5.26 Å². The van der Waals surface area contributed by atoms with Gasteiger partial charge in [0.05, 0.1) is 24.8 Å². The molecule has 1 fully saturated rings. The highest BCUT2D eigenvalue weighted by molar-refractivity contribution is 6.34. The summed E-state index contributed by atoms with van der Waals surface area (Å²) < 4.78 is 5.32. The maximum absolute atomic E-state index is 11.3. The number of halogens is 1. The van der Waals surface area contributed by atoms with Crippen LogP contribution < -0.4 is 4.90 Å². The molecule has 1 aliphatic heterocycles. The van der Waals surface area contributed by atoms with Crippen molar-refractivity contribution in [2.75, 3.05) is 24.7 Å². The molecule has 0 spiro atoms. The molecule has 0 saturated carbocycles. The molecular formula is C14H16ClN3O3. The van der Waals surface area contributed by atoms with E-state index in [0.29, 0.717) is 24.5 Å². The zero-order valence-electron chi connectivity index (χ0n) is 11.6. The molecule has 0 aromatic carbocycles. The molecule has 1 aliphatic rings. The van der Waals surface area contributed by atoms with Crippen LogP contribution in [0.5, 0.6) is 0 Å². The fourth-order valence-electron chi connectivity index (χ4n) is 2.48. The number of anilines is 1. The molecule has 1 aromatic rings. The second-order valence-corrected chi connectivity index (χ2v) is 5.23. The van der Waals surface area contributed by atoms with Crippen molar-refractivity contribution in [2.24, 2.45) is 5.92 Å². The first-order chi connectivity index (χ1) is 10.1. The van der Waals surface area contributed by atoms with Gasteiger partial charge in [0.15, 0.2) is 0 Å². The van der Waals surface area contributed by atoms with E-state index in [2.05, 4.69) is 4.98 Å². The summed E-state index contributed by atoms with van der Waals surface area (Å²) in [5, 5.41) is 18.6. The molecule has 1 aromatic heterocycles. The van der Waals surface area contributed by atoms with Crippen LogP contribution in [-0.2, 0) is 9.53 Å². The fourth-order valence-corrected chi connectivity index (χ4v) is 2.74. The lowest BCUT2D eigenvalue weighted by molar-refractivity contribution is -0.142. The number of aromatic nitrogens is 1. The van der Waals surface area contributed by atoms with Crippen LogP contribution in [-0.4, -0.2) is 41.9 Å². The zero-order valence-corrected chi connectivity index (χ0v) is 12.4. The van der Waals surface area contributed by atoms with E-state index in [9.17, 15) is 9.90 Å². The molecule has 1 saturated heterocycles. The van der Waals surface area contributed by atoms with Crippen molar-refractivity contribution in [3.8, 4) is 6.07 Å². The molecule has 7 heteroatoms. The quantitative estimate of drug-likeness (QED) is 0.894. The van der Waals surface area contributed by atoms with Crippen LogP contribution in [0.4, 0.5) is 5.82 Å². The maximum Gasteiger partial charge on any atom is 0.311 e. The van der Waals surface area contributed by atoms with E-state index in [1.807, 2.05) is 17.9 Å². The first-order valence-electron chi connectivity index (χ1n) is 6.72. The standard InChI is InChI=1S/C14H16ClN3O3/c1-2-5-18(11-8-21-7-10(11)14(19)20)13-12(15)9(6-16)3-4-17-13/h3-4,10-11H,2,5,7-8H2,1H3,(H,19,20). The number of carbonyl (C=O) groups is 1. The smallest absolute Gasteiger partial charge is 0.311 e. The van der Waals surface area contributed by atoms with E-state index in [4.69, 9.17) is 21.6 Å². The summed E-state index contributed by atoms with van der Waals surface area (Å²) in [4.78, 5) is 17.4. The number of nitrogens with zero attached hydrogens (tertiary/aromatic N) is 3. The number of rotatable bonds is 5. The zero-order chi connectivity index (χ0) is 15.4. The van der Waals surface area contributed by atoms with Crippen molar-refractivity contribution in [1.82, 2.24) is 4.98 Å². The van der Waals surface area contributed by atoms with E-state index in [1.54, 1.807) is 0 Å². The van der Waals surface area contributed by atoms with Crippen molar-refractivity contribution in [3.63, 3.8) is 0 Å². The third-order valence-corrected chi connectivity index (χ3v) is 3.87. The van der Waals surface area contributed by atoms with Gasteiger partial charge in [-0.25, -0.2) is 4.98 Å². The van der Waals surface area contributed by atoms with Crippen molar-refractivity contribution in [1.29, 1.82) is 5.26 Å². The van der Waals surface area contributed by atoms with E-state index < -0.39 is 11.9 Å². The number of ether oxygens (including phenoxy) is 1. The number of pyridine rings is 1. The minimum atomic E-state index is -0.897. The SMILES string of the molecule is CCCN(c1nccc(C#N)c1Cl)C1COCC1C(=O)O. The van der Waals surface area contributed by atoms with Crippen molar-refractivity contribution >= 4 is 23.4 Å². The second-order valence-electron chi connectivity index (χ2n) is 4.85. The van der Waals surface area contributed by atoms with Crippen LogP contribution in [0.2, 0.25) is 5.02 Å². The Balaban J connectivity index is 2.40. The van der Waals surface area contributed by atoms with Gasteiger partial charge in [0, 0.05) is 12.7 Å². The lowest BCUT2D eigenvalue weighted by Gasteiger charge is -2.31. The summed E-state index contributed by atoms with van der Waals surface area (Å²) in [6.07, 6.45) is 2.31. The van der Waals surface area contributed by atoms with Crippen LogP contribution in [0.3, 0.4) is 0 Å². The van der Waals surface area contributed by atoms with Gasteiger partial charge in [-0.1, -0.05) is 18.5 Å². The topological polar surface area (TPSA) is 86.5 Å². The summed E-state index contributed by atoms with van der Waals surface area (Å²) in [5.74, 6) is -1.08. The Morgan fingerprint density at radius 2 is 2.43 bits per heavy atom. The molecule has 0 radical (unpaired) electrons. The molecule has 1 N–H and O–H groups in total. The number of hydrogen-bond donors (Lipinski definition) is 1. The normalized spacial score (nSPS) is 21.0. The molecular weight excluding hydrogens is 294 g/mol. The van der Waals surface area contributed by atoms with Gasteiger partial charge in [-0.3, -0.25) is 4.79 Å². The van der Waals surface area contributed by atoms with Crippen molar-refractivity contribution in [3.05, 3.63) is 22.8 Å². The molecule has 21 heavy (non-hydrogen) atoms. The average Bonchev–Trinajstić information content (AvgIpc) is 2.95. The number of nitriles is 1. The lowest BCUT2D eigenvalue weighted by Crippen LogP contribution is -2.44. The van der Waals surface area contributed by atoms with Crippen molar-refractivity contribution < 1.29 is 14.6 Å². The molecule has 0 aliphatic carbocycles. The Kier molecular flexibility index (Phi) is 4.99. The minimum Gasteiger partial charge on any atom is -0.481 e. The van der Waals surface area contributed by atoms with Crippen molar-refractivity contribution in [2.45, 2.75) is 19.4 Å². The predicted octanol–water partition coefficient (Wildman–Crippen LogP) is 1.92. The Hall–Kier alpha value is -1.84. The Morgan fingerprint density at radius 1 is 1.67 bits per heavy atom. The van der Waals surface area contributed by atoms with Crippen LogP contribution in [0.15, 0.2) is 12.3 Å². The van der Waals surface area contributed by atoms with E-state index in [-0.39, 0.29) is 17.7 Å². The summed E-state index contributed by atoms with van der Waals surface area (Å²) in [6.45, 7) is 3.07. The van der Waals surface area contributed by atoms with Gasteiger partial charge in [0.2, 0.25) is 0 Å². The summed E-state index contributed by atoms with van der Waals surface area (Å²) >= 11 is 6.23. The molecule has 6 nitrogen and oxygen atoms in total. The maximum atomic E-state index is 11.3. The Morgan fingerprint density at radius 3 is 3.05 bits per heavy atom. The Labute approximate surface area is 127 Å². The first kappa shape index (κ1) is 15.5. The van der Waals surface area contributed by atoms with Crippen LogP contribution in [0.25, 0.3) is 0 Å². The highest BCUT2D eigenvalue weighted by atomic mass is 35.5. The third-order valence-electron chi connectivity index (χ3n) is 3.50.